The van der Waals surface area contributed by atoms with Crippen LogP contribution in [0.25, 0.3) is 0 Å². The van der Waals surface area contributed by atoms with Crippen LogP contribution in [0.5, 0.6) is 0 Å². The molecule has 4 N–H and O–H groups in total. The van der Waals surface area contributed by atoms with Crippen LogP contribution in [-0.2, 0) is 14.4 Å². The first-order valence-electron chi connectivity index (χ1n) is 5.46. The number of carbonyl (C=O) groups excluding carboxylic acids is 2. The summed E-state index contributed by atoms with van der Waals surface area (Å²) in [7, 11) is 0. The largest absolute Gasteiger partial charge is 0.480 e. The Morgan fingerprint density at radius 2 is 2.21 bits per heavy atom. The Morgan fingerprint density at radius 1 is 1.47 bits per heavy atom. The van der Waals surface area contributed by atoms with Gasteiger partial charge in [-0.15, -0.1) is 23.1 Å². The number of nitrogens with two attached hydrogens (primary N) is 1. The van der Waals surface area contributed by atoms with E-state index in [-0.39, 0.29) is 24.5 Å². The molecule has 0 spiro atoms. The maximum Gasteiger partial charge on any atom is 0.326 e. The average molecular weight is 302 g/mol. The van der Waals surface area contributed by atoms with Gasteiger partial charge in [0, 0.05) is 6.42 Å². The number of aliphatic carboxylic acids is 1. The molecule has 0 saturated heterocycles. The molecular formula is C11H14N2O4S2. The van der Waals surface area contributed by atoms with Crippen molar-refractivity contribution >= 4 is 40.9 Å². The van der Waals surface area contributed by atoms with Crippen LogP contribution in [0.4, 0.5) is 0 Å². The number of primary amides is 1. The van der Waals surface area contributed by atoms with Gasteiger partial charge in [-0.05, 0) is 17.9 Å². The lowest BCUT2D eigenvalue weighted by Gasteiger charge is -2.13. The van der Waals surface area contributed by atoms with E-state index in [2.05, 4.69) is 5.32 Å². The lowest BCUT2D eigenvalue weighted by atomic mass is 10.1. The molecule has 8 heteroatoms. The summed E-state index contributed by atoms with van der Waals surface area (Å²) in [6.07, 6.45) is -0.0740. The zero-order chi connectivity index (χ0) is 14.3. The summed E-state index contributed by atoms with van der Waals surface area (Å²) in [6, 6.07) is 2.67. The van der Waals surface area contributed by atoms with Crippen molar-refractivity contribution in [3.63, 3.8) is 0 Å². The number of thiophene rings is 1. The number of amides is 2. The van der Waals surface area contributed by atoms with Crippen LogP contribution in [0.1, 0.15) is 12.8 Å². The highest BCUT2D eigenvalue weighted by atomic mass is 32.2. The molecule has 1 rings (SSSR count). The number of carboxylic acid groups (broad SMARTS) is 1. The minimum Gasteiger partial charge on any atom is -0.480 e. The van der Waals surface area contributed by atoms with Gasteiger partial charge in [0.05, 0.1) is 9.96 Å². The number of carbonyl (C=O) groups is 3. The van der Waals surface area contributed by atoms with Gasteiger partial charge in [0.25, 0.3) is 0 Å². The van der Waals surface area contributed by atoms with E-state index in [0.717, 1.165) is 4.21 Å². The van der Waals surface area contributed by atoms with Crippen molar-refractivity contribution in [3.8, 4) is 0 Å². The molecule has 2 amide bonds. The fourth-order valence-corrected chi connectivity index (χ4v) is 2.86. The number of nitrogens with one attached hydrogen (secondary N) is 1. The number of hydrogen-bond acceptors (Lipinski definition) is 5. The van der Waals surface area contributed by atoms with Crippen molar-refractivity contribution in [1.82, 2.24) is 5.32 Å². The van der Waals surface area contributed by atoms with E-state index in [1.54, 1.807) is 0 Å². The van der Waals surface area contributed by atoms with Gasteiger partial charge in [-0.25, -0.2) is 4.79 Å². The normalized spacial score (nSPS) is 11.8. The van der Waals surface area contributed by atoms with Gasteiger partial charge in [0.2, 0.25) is 11.8 Å². The number of carboxylic acids is 1. The fourth-order valence-electron chi connectivity index (χ4n) is 1.26. The fraction of sp³-hybridized carbons (Fsp3) is 0.364. The Morgan fingerprint density at radius 3 is 2.74 bits per heavy atom. The molecule has 0 saturated carbocycles. The minimum absolute atomic E-state index is 0.0000747. The second-order valence-corrected chi connectivity index (χ2v) is 5.91. The van der Waals surface area contributed by atoms with Gasteiger partial charge < -0.3 is 16.2 Å². The highest BCUT2D eigenvalue weighted by Gasteiger charge is 2.20. The first-order chi connectivity index (χ1) is 8.99. The van der Waals surface area contributed by atoms with E-state index >= 15 is 0 Å². The number of thioether (sulfide) groups is 1. The van der Waals surface area contributed by atoms with Crippen LogP contribution >= 0.6 is 23.1 Å². The minimum atomic E-state index is -1.17. The highest BCUT2D eigenvalue weighted by Crippen LogP contribution is 2.22. The Hall–Kier alpha value is -1.54. The van der Waals surface area contributed by atoms with Crippen LogP contribution < -0.4 is 11.1 Å². The Balaban J connectivity index is 2.38. The molecule has 1 heterocycles. The van der Waals surface area contributed by atoms with Crippen LogP contribution in [0.3, 0.4) is 0 Å². The highest BCUT2D eigenvalue weighted by molar-refractivity contribution is 8.01. The summed E-state index contributed by atoms with van der Waals surface area (Å²) in [4.78, 5) is 33.1. The predicted octanol–water partition coefficient (Wildman–Crippen LogP) is 0.675. The molecule has 104 valence electrons. The third-order valence-corrected chi connectivity index (χ3v) is 4.28. The van der Waals surface area contributed by atoms with Gasteiger partial charge in [0.1, 0.15) is 6.04 Å². The van der Waals surface area contributed by atoms with Crippen molar-refractivity contribution in [3.05, 3.63) is 17.5 Å². The van der Waals surface area contributed by atoms with E-state index in [1.165, 1.54) is 23.1 Å². The van der Waals surface area contributed by atoms with Gasteiger partial charge in [-0.2, -0.15) is 0 Å². The number of rotatable bonds is 8. The van der Waals surface area contributed by atoms with Crippen molar-refractivity contribution in [2.24, 2.45) is 5.73 Å². The smallest absolute Gasteiger partial charge is 0.326 e. The molecule has 0 bridgehead atoms. The van der Waals surface area contributed by atoms with Crippen molar-refractivity contribution in [1.29, 1.82) is 0 Å². The second-order valence-electron chi connectivity index (χ2n) is 3.68. The summed E-state index contributed by atoms with van der Waals surface area (Å²) in [5, 5.41) is 13.2. The van der Waals surface area contributed by atoms with Gasteiger partial charge in [-0.3, -0.25) is 9.59 Å². The third kappa shape index (κ3) is 6.25. The molecule has 0 aliphatic carbocycles. The molecule has 1 aromatic heterocycles. The monoisotopic (exact) mass is 302 g/mol. The Kier molecular flexibility index (Phi) is 6.37. The lowest BCUT2D eigenvalue weighted by molar-refractivity contribution is -0.141. The molecule has 1 atom stereocenters. The first-order valence-corrected chi connectivity index (χ1v) is 7.32. The maximum atomic E-state index is 11.6. The molecular weight excluding hydrogens is 288 g/mol. The molecule has 0 unspecified atom stereocenters. The predicted molar refractivity (Wildman–Crippen MR) is 73.0 cm³/mol. The molecule has 0 aliphatic rings. The van der Waals surface area contributed by atoms with E-state index in [0.29, 0.717) is 0 Å². The maximum absolute atomic E-state index is 11.6. The van der Waals surface area contributed by atoms with E-state index in [1.807, 2.05) is 17.5 Å². The third-order valence-electron chi connectivity index (χ3n) is 2.15. The summed E-state index contributed by atoms with van der Waals surface area (Å²) < 4.78 is 0.985. The van der Waals surface area contributed by atoms with Gasteiger partial charge in [-0.1, -0.05) is 6.07 Å². The van der Waals surface area contributed by atoms with Crippen molar-refractivity contribution < 1.29 is 19.5 Å². The SMILES string of the molecule is NC(=O)CC[C@@H](NC(=O)CSc1cccs1)C(=O)O. The molecule has 6 nitrogen and oxygen atoms in total. The topological polar surface area (TPSA) is 109 Å². The quantitative estimate of drug-likeness (QED) is 0.612. The summed E-state index contributed by atoms with van der Waals surface area (Å²) in [5.41, 5.74) is 4.95. The van der Waals surface area contributed by atoms with Gasteiger partial charge in [0.15, 0.2) is 0 Å². The molecule has 0 aliphatic heterocycles. The van der Waals surface area contributed by atoms with Gasteiger partial charge >= 0.3 is 5.97 Å². The Bertz CT molecular complexity index is 448. The second kappa shape index (κ2) is 7.80. The van der Waals surface area contributed by atoms with E-state index in [4.69, 9.17) is 10.8 Å². The van der Waals surface area contributed by atoms with E-state index < -0.39 is 17.9 Å². The molecule has 0 aromatic carbocycles. The molecule has 0 radical (unpaired) electrons. The summed E-state index contributed by atoms with van der Waals surface area (Å²) in [5.74, 6) is -2.00. The standard InChI is InChI=1S/C11H14N2O4S2/c12-8(14)4-3-7(11(16)17)13-9(15)6-19-10-2-1-5-18-10/h1-2,5,7H,3-4,6H2,(H2,12,14)(H,13,15)(H,16,17)/t7-/m1/s1. The molecule has 1 aromatic rings. The molecule has 0 fully saturated rings. The van der Waals surface area contributed by atoms with Crippen molar-refractivity contribution in [2.45, 2.75) is 23.1 Å². The van der Waals surface area contributed by atoms with Crippen LogP contribution in [0, 0.1) is 0 Å². The van der Waals surface area contributed by atoms with Crippen LogP contribution in [0.2, 0.25) is 0 Å². The number of hydrogen-bond donors (Lipinski definition) is 3. The van der Waals surface area contributed by atoms with Crippen LogP contribution in [0.15, 0.2) is 21.7 Å². The zero-order valence-corrected chi connectivity index (χ0v) is 11.6. The summed E-state index contributed by atoms with van der Waals surface area (Å²) in [6.45, 7) is 0. The van der Waals surface area contributed by atoms with E-state index in [9.17, 15) is 14.4 Å². The summed E-state index contributed by atoms with van der Waals surface area (Å²) >= 11 is 2.84. The van der Waals surface area contributed by atoms with Crippen LogP contribution in [-0.4, -0.2) is 34.7 Å². The Labute approximate surface area is 118 Å². The zero-order valence-electron chi connectivity index (χ0n) is 10.00. The first kappa shape index (κ1) is 15.5. The lowest BCUT2D eigenvalue weighted by Crippen LogP contribution is -2.42. The molecule has 19 heavy (non-hydrogen) atoms. The average Bonchev–Trinajstić information content (AvgIpc) is 2.84. The van der Waals surface area contributed by atoms with Crippen molar-refractivity contribution in [2.75, 3.05) is 5.75 Å².